The number of amides is 1. The fourth-order valence-electron chi connectivity index (χ4n) is 3.50. The number of carbonyl (C=O) groups excluding carboxylic acids is 1. The molecule has 4 rings (SSSR count). The zero-order valence-electron chi connectivity index (χ0n) is 16.5. The van der Waals surface area contributed by atoms with E-state index in [1.807, 2.05) is 55.5 Å². The number of aromatic nitrogens is 1. The van der Waals surface area contributed by atoms with Gasteiger partial charge in [0, 0.05) is 25.2 Å². The van der Waals surface area contributed by atoms with Crippen LogP contribution in [0.4, 0.5) is 0 Å². The number of ether oxygens (including phenoxy) is 1. The summed E-state index contributed by atoms with van der Waals surface area (Å²) in [6.07, 6.45) is 0. The Morgan fingerprint density at radius 1 is 1.10 bits per heavy atom. The number of thiazole rings is 1. The maximum Gasteiger partial charge on any atom is 0.263 e. The normalized spacial score (nSPS) is 15.8. The molecule has 2 aromatic carbocycles. The number of aryl methyl sites for hydroxylation is 1. The third-order valence-electron chi connectivity index (χ3n) is 5.08. The second kappa shape index (κ2) is 9.31. The van der Waals surface area contributed by atoms with Crippen LogP contribution in [0, 0.1) is 6.92 Å². The molecule has 0 bridgehead atoms. The third-order valence-corrected chi connectivity index (χ3v) is 6.28. The van der Waals surface area contributed by atoms with Gasteiger partial charge in [-0.25, -0.2) is 4.98 Å². The van der Waals surface area contributed by atoms with Gasteiger partial charge in [0.15, 0.2) is 0 Å². The maximum atomic E-state index is 13.2. The molecule has 0 aliphatic carbocycles. The minimum atomic E-state index is -0.0801. The van der Waals surface area contributed by atoms with Crippen LogP contribution in [0.25, 0.3) is 10.6 Å². The van der Waals surface area contributed by atoms with Gasteiger partial charge in [-0.1, -0.05) is 60.7 Å². The van der Waals surface area contributed by atoms with E-state index < -0.39 is 0 Å². The van der Waals surface area contributed by atoms with Gasteiger partial charge in [0.05, 0.1) is 24.9 Å². The molecule has 1 saturated heterocycles. The standard InChI is InChI=1S/C23H25N3O2S/c1-17-21(29-23(24-17)19-10-6-3-7-11-19)22(27)25-20(18-8-4-2-5-9-18)16-26-12-14-28-15-13-26/h2-11,20H,12-16H2,1H3,(H,25,27). The first-order chi connectivity index (χ1) is 14.2. The minimum Gasteiger partial charge on any atom is -0.379 e. The predicted molar refractivity (Wildman–Crippen MR) is 116 cm³/mol. The highest BCUT2D eigenvalue weighted by Gasteiger charge is 2.23. The largest absolute Gasteiger partial charge is 0.379 e. The van der Waals surface area contributed by atoms with Crippen molar-refractivity contribution in [1.29, 1.82) is 0 Å². The monoisotopic (exact) mass is 407 g/mol. The van der Waals surface area contributed by atoms with E-state index >= 15 is 0 Å². The number of nitrogens with one attached hydrogen (secondary N) is 1. The first-order valence-corrected chi connectivity index (χ1v) is 10.7. The number of morpholine rings is 1. The lowest BCUT2D eigenvalue weighted by Gasteiger charge is -2.31. The van der Waals surface area contributed by atoms with Gasteiger partial charge in [-0.15, -0.1) is 11.3 Å². The summed E-state index contributed by atoms with van der Waals surface area (Å²) in [6.45, 7) is 5.92. The molecule has 6 heteroatoms. The molecule has 1 N–H and O–H groups in total. The summed E-state index contributed by atoms with van der Waals surface area (Å²) in [6, 6.07) is 20.1. The predicted octanol–water partition coefficient (Wildman–Crippen LogP) is 3.92. The van der Waals surface area contributed by atoms with Crippen molar-refractivity contribution in [2.24, 2.45) is 0 Å². The van der Waals surface area contributed by atoms with Crippen LogP contribution in [0.5, 0.6) is 0 Å². The molecule has 0 radical (unpaired) electrons. The Balaban J connectivity index is 1.54. The van der Waals surface area contributed by atoms with Crippen molar-refractivity contribution in [2.75, 3.05) is 32.8 Å². The molecule has 1 fully saturated rings. The fourth-order valence-corrected chi connectivity index (χ4v) is 4.47. The Morgan fingerprint density at radius 3 is 2.45 bits per heavy atom. The molecule has 0 spiro atoms. The topological polar surface area (TPSA) is 54.5 Å². The number of hydrogen-bond donors (Lipinski definition) is 1. The summed E-state index contributed by atoms with van der Waals surface area (Å²) in [5.74, 6) is -0.0655. The van der Waals surface area contributed by atoms with Crippen molar-refractivity contribution >= 4 is 17.2 Å². The first kappa shape index (κ1) is 19.8. The van der Waals surface area contributed by atoms with E-state index in [2.05, 4.69) is 27.3 Å². The van der Waals surface area contributed by atoms with Crippen LogP contribution in [-0.2, 0) is 4.74 Å². The Kier molecular flexibility index (Phi) is 6.34. The second-order valence-corrected chi connectivity index (χ2v) is 8.15. The molecule has 1 aliphatic rings. The van der Waals surface area contributed by atoms with Gasteiger partial charge in [-0.2, -0.15) is 0 Å². The maximum absolute atomic E-state index is 13.2. The summed E-state index contributed by atoms with van der Waals surface area (Å²) in [7, 11) is 0. The van der Waals surface area contributed by atoms with Crippen LogP contribution in [0.2, 0.25) is 0 Å². The molecular weight excluding hydrogens is 382 g/mol. The van der Waals surface area contributed by atoms with Crippen LogP contribution in [0.15, 0.2) is 60.7 Å². The Morgan fingerprint density at radius 2 is 1.76 bits per heavy atom. The van der Waals surface area contributed by atoms with Crippen molar-refractivity contribution in [2.45, 2.75) is 13.0 Å². The van der Waals surface area contributed by atoms with Crippen LogP contribution in [0.3, 0.4) is 0 Å². The summed E-state index contributed by atoms with van der Waals surface area (Å²) >= 11 is 1.45. The lowest BCUT2D eigenvalue weighted by molar-refractivity contribution is 0.0332. The van der Waals surface area contributed by atoms with Gasteiger partial charge in [0.25, 0.3) is 5.91 Å². The highest BCUT2D eigenvalue weighted by molar-refractivity contribution is 7.17. The van der Waals surface area contributed by atoms with Crippen molar-refractivity contribution in [1.82, 2.24) is 15.2 Å². The van der Waals surface area contributed by atoms with Gasteiger partial charge < -0.3 is 10.1 Å². The van der Waals surface area contributed by atoms with Gasteiger partial charge in [-0.3, -0.25) is 9.69 Å². The number of nitrogens with zero attached hydrogens (tertiary/aromatic N) is 2. The SMILES string of the molecule is Cc1nc(-c2ccccc2)sc1C(=O)NC(CN1CCOCC1)c1ccccc1. The summed E-state index contributed by atoms with van der Waals surface area (Å²) < 4.78 is 5.46. The zero-order valence-corrected chi connectivity index (χ0v) is 17.3. The lowest BCUT2D eigenvalue weighted by atomic mass is 10.1. The Bertz CT molecular complexity index is 937. The zero-order chi connectivity index (χ0) is 20.1. The molecule has 0 saturated carbocycles. The smallest absolute Gasteiger partial charge is 0.263 e. The van der Waals surface area contributed by atoms with Crippen molar-refractivity contribution in [3.05, 3.63) is 76.8 Å². The number of hydrogen-bond acceptors (Lipinski definition) is 5. The average Bonchev–Trinajstić information content (AvgIpc) is 3.17. The van der Waals surface area contributed by atoms with Gasteiger partial charge in [0.2, 0.25) is 0 Å². The summed E-state index contributed by atoms with van der Waals surface area (Å²) in [5, 5.41) is 4.12. The molecule has 29 heavy (non-hydrogen) atoms. The summed E-state index contributed by atoms with van der Waals surface area (Å²) in [5.41, 5.74) is 2.91. The Hall–Kier alpha value is -2.54. The van der Waals surface area contributed by atoms with E-state index in [4.69, 9.17) is 4.74 Å². The van der Waals surface area contributed by atoms with Crippen LogP contribution in [0.1, 0.15) is 27.0 Å². The fraction of sp³-hybridized carbons (Fsp3) is 0.304. The number of carbonyl (C=O) groups is 1. The first-order valence-electron chi connectivity index (χ1n) is 9.89. The summed E-state index contributed by atoms with van der Waals surface area (Å²) in [4.78, 5) is 20.8. The number of rotatable bonds is 6. The van der Waals surface area contributed by atoms with E-state index in [1.165, 1.54) is 11.3 Å². The highest BCUT2D eigenvalue weighted by Crippen LogP contribution is 2.28. The highest BCUT2D eigenvalue weighted by atomic mass is 32.1. The van der Waals surface area contributed by atoms with E-state index in [1.54, 1.807) is 0 Å². The van der Waals surface area contributed by atoms with E-state index in [0.29, 0.717) is 4.88 Å². The molecule has 150 valence electrons. The molecule has 1 atom stereocenters. The van der Waals surface area contributed by atoms with E-state index in [9.17, 15) is 4.79 Å². The van der Waals surface area contributed by atoms with E-state index in [-0.39, 0.29) is 11.9 Å². The van der Waals surface area contributed by atoms with Crippen molar-refractivity contribution in [3.8, 4) is 10.6 Å². The molecule has 3 aromatic rings. The molecular formula is C23H25N3O2S. The molecule has 1 aliphatic heterocycles. The van der Waals surface area contributed by atoms with E-state index in [0.717, 1.165) is 54.7 Å². The van der Waals surface area contributed by atoms with Gasteiger partial charge >= 0.3 is 0 Å². The van der Waals surface area contributed by atoms with Gasteiger partial charge in [-0.05, 0) is 12.5 Å². The van der Waals surface area contributed by atoms with Crippen molar-refractivity contribution in [3.63, 3.8) is 0 Å². The number of benzene rings is 2. The van der Waals surface area contributed by atoms with Crippen molar-refractivity contribution < 1.29 is 9.53 Å². The Labute approximate surface area is 175 Å². The van der Waals surface area contributed by atoms with Crippen LogP contribution >= 0.6 is 11.3 Å². The van der Waals surface area contributed by atoms with Gasteiger partial charge in [0.1, 0.15) is 9.88 Å². The lowest BCUT2D eigenvalue weighted by Crippen LogP contribution is -2.43. The van der Waals surface area contributed by atoms with Crippen LogP contribution < -0.4 is 5.32 Å². The molecule has 1 aromatic heterocycles. The quantitative estimate of drug-likeness (QED) is 0.673. The third kappa shape index (κ3) is 4.90. The van der Waals surface area contributed by atoms with Crippen LogP contribution in [-0.4, -0.2) is 48.6 Å². The minimum absolute atomic E-state index is 0.0655. The molecule has 5 nitrogen and oxygen atoms in total. The second-order valence-electron chi connectivity index (χ2n) is 7.15. The molecule has 1 amide bonds. The molecule has 1 unspecified atom stereocenters. The average molecular weight is 408 g/mol. The molecule has 2 heterocycles.